The van der Waals surface area contributed by atoms with Crippen molar-refractivity contribution in [3.63, 3.8) is 0 Å². The summed E-state index contributed by atoms with van der Waals surface area (Å²) in [7, 11) is 5.01. The number of nitrogens with zero attached hydrogens (tertiary/aromatic N) is 1. The van der Waals surface area contributed by atoms with Crippen molar-refractivity contribution in [1.29, 1.82) is 0 Å². The summed E-state index contributed by atoms with van der Waals surface area (Å²) in [5.41, 5.74) is -0.867. The zero-order valence-corrected chi connectivity index (χ0v) is 12.2. The van der Waals surface area contributed by atoms with Crippen molar-refractivity contribution in [3.8, 4) is 5.75 Å². The Balaban J connectivity index is 2.65. The van der Waals surface area contributed by atoms with E-state index in [1.165, 1.54) is 19.2 Å². The van der Waals surface area contributed by atoms with E-state index < -0.39 is 17.3 Å². The quantitative estimate of drug-likeness (QED) is 0.814. The number of hydrogen-bond donors (Lipinski definition) is 2. The highest BCUT2D eigenvalue weighted by Crippen LogP contribution is 2.17. The van der Waals surface area contributed by atoms with Gasteiger partial charge in [-0.2, -0.15) is 0 Å². The zero-order valence-electron chi connectivity index (χ0n) is 12.2. The fourth-order valence-corrected chi connectivity index (χ4v) is 1.92. The molecule has 1 rings (SSSR count). The number of rotatable bonds is 6. The van der Waals surface area contributed by atoms with Crippen LogP contribution in [-0.4, -0.2) is 55.8 Å². The standard InChI is InChI=1S/C14H21FN2O3/c1-14(19,9-17(2)3)8-16-13(18)10-5-6-12(20-4)11(15)7-10/h5-7,19H,8-9H2,1-4H3,(H,16,18). The second kappa shape index (κ2) is 6.67. The van der Waals surface area contributed by atoms with Gasteiger partial charge in [0.1, 0.15) is 0 Å². The Morgan fingerprint density at radius 3 is 2.65 bits per heavy atom. The van der Waals surface area contributed by atoms with Gasteiger partial charge in [-0.25, -0.2) is 4.39 Å². The van der Waals surface area contributed by atoms with Gasteiger partial charge in [0.2, 0.25) is 0 Å². The van der Waals surface area contributed by atoms with Crippen molar-refractivity contribution in [2.24, 2.45) is 0 Å². The van der Waals surface area contributed by atoms with Crippen LogP contribution in [0.1, 0.15) is 17.3 Å². The number of likely N-dealkylation sites (N-methyl/N-ethyl adjacent to an activating group) is 1. The Kier molecular flexibility index (Phi) is 5.47. The highest BCUT2D eigenvalue weighted by atomic mass is 19.1. The fraction of sp³-hybridized carbons (Fsp3) is 0.500. The number of hydrogen-bond acceptors (Lipinski definition) is 4. The van der Waals surface area contributed by atoms with Gasteiger partial charge >= 0.3 is 0 Å². The van der Waals surface area contributed by atoms with E-state index >= 15 is 0 Å². The molecule has 0 saturated carbocycles. The molecule has 0 bridgehead atoms. The first-order valence-electron chi connectivity index (χ1n) is 6.24. The molecule has 6 heteroatoms. The van der Waals surface area contributed by atoms with Crippen LogP contribution >= 0.6 is 0 Å². The second-order valence-corrected chi connectivity index (χ2v) is 5.27. The summed E-state index contributed by atoms with van der Waals surface area (Å²) in [5, 5.41) is 12.7. The lowest BCUT2D eigenvalue weighted by Gasteiger charge is -2.27. The summed E-state index contributed by atoms with van der Waals surface area (Å²) >= 11 is 0. The molecule has 0 heterocycles. The number of benzene rings is 1. The van der Waals surface area contributed by atoms with Crippen LogP contribution in [0, 0.1) is 5.82 Å². The maximum Gasteiger partial charge on any atom is 0.251 e. The molecule has 0 fully saturated rings. The number of aliphatic hydroxyl groups is 1. The molecule has 1 unspecified atom stereocenters. The smallest absolute Gasteiger partial charge is 0.251 e. The van der Waals surface area contributed by atoms with E-state index in [1.807, 2.05) is 19.0 Å². The molecule has 0 spiro atoms. The van der Waals surface area contributed by atoms with E-state index in [-0.39, 0.29) is 17.9 Å². The SMILES string of the molecule is COc1ccc(C(=O)NCC(C)(O)CN(C)C)cc1F. The van der Waals surface area contributed by atoms with Gasteiger partial charge < -0.3 is 20.1 Å². The molecule has 0 aliphatic heterocycles. The van der Waals surface area contributed by atoms with Crippen LogP contribution in [0.2, 0.25) is 0 Å². The number of nitrogens with one attached hydrogen (secondary N) is 1. The van der Waals surface area contributed by atoms with Gasteiger partial charge in [0.15, 0.2) is 11.6 Å². The summed E-state index contributed by atoms with van der Waals surface area (Å²) in [6.07, 6.45) is 0. The van der Waals surface area contributed by atoms with E-state index in [0.29, 0.717) is 6.54 Å². The lowest BCUT2D eigenvalue weighted by molar-refractivity contribution is 0.0326. The molecule has 1 aromatic rings. The Labute approximate surface area is 118 Å². The molecule has 0 aromatic heterocycles. The van der Waals surface area contributed by atoms with Crippen molar-refractivity contribution in [1.82, 2.24) is 10.2 Å². The molecule has 1 amide bonds. The van der Waals surface area contributed by atoms with Gasteiger partial charge in [0.25, 0.3) is 5.91 Å². The molecular formula is C14H21FN2O3. The number of ether oxygens (including phenoxy) is 1. The number of amides is 1. The minimum Gasteiger partial charge on any atom is -0.494 e. The number of methoxy groups -OCH3 is 1. The number of halogens is 1. The van der Waals surface area contributed by atoms with Gasteiger partial charge in [-0.05, 0) is 39.2 Å². The largest absolute Gasteiger partial charge is 0.494 e. The summed E-state index contributed by atoms with van der Waals surface area (Å²) in [6.45, 7) is 2.11. The molecular weight excluding hydrogens is 263 g/mol. The van der Waals surface area contributed by atoms with Gasteiger partial charge in [0.05, 0.1) is 12.7 Å². The zero-order chi connectivity index (χ0) is 15.3. The predicted molar refractivity (Wildman–Crippen MR) is 74.5 cm³/mol. The summed E-state index contributed by atoms with van der Waals surface area (Å²) in [6, 6.07) is 3.97. The maximum absolute atomic E-state index is 13.5. The lowest BCUT2D eigenvalue weighted by atomic mass is 10.1. The number of carbonyl (C=O) groups is 1. The van der Waals surface area contributed by atoms with Crippen molar-refractivity contribution in [2.45, 2.75) is 12.5 Å². The first-order chi connectivity index (χ1) is 9.25. The Bertz CT molecular complexity index is 475. The van der Waals surface area contributed by atoms with Crippen LogP contribution in [0.15, 0.2) is 18.2 Å². The Morgan fingerprint density at radius 2 is 2.15 bits per heavy atom. The molecule has 5 nitrogen and oxygen atoms in total. The van der Waals surface area contributed by atoms with Crippen molar-refractivity contribution < 1.29 is 19.0 Å². The minimum absolute atomic E-state index is 0.0810. The summed E-state index contributed by atoms with van der Waals surface area (Å²) in [5.74, 6) is -0.952. The van der Waals surface area contributed by atoms with Crippen molar-refractivity contribution in [3.05, 3.63) is 29.6 Å². The normalized spacial score (nSPS) is 13.9. The van der Waals surface area contributed by atoms with E-state index in [1.54, 1.807) is 6.92 Å². The Morgan fingerprint density at radius 1 is 1.50 bits per heavy atom. The van der Waals surface area contributed by atoms with Crippen LogP contribution in [-0.2, 0) is 0 Å². The molecule has 112 valence electrons. The highest BCUT2D eigenvalue weighted by molar-refractivity contribution is 5.94. The summed E-state index contributed by atoms with van der Waals surface area (Å²) < 4.78 is 18.3. The number of carbonyl (C=O) groups excluding carboxylic acids is 1. The summed E-state index contributed by atoms with van der Waals surface area (Å²) in [4.78, 5) is 13.7. The van der Waals surface area contributed by atoms with E-state index in [4.69, 9.17) is 4.74 Å². The van der Waals surface area contributed by atoms with E-state index in [9.17, 15) is 14.3 Å². The molecule has 2 N–H and O–H groups in total. The first-order valence-corrected chi connectivity index (χ1v) is 6.24. The molecule has 0 aliphatic carbocycles. The molecule has 1 aromatic carbocycles. The third-order valence-electron chi connectivity index (χ3n) is 2.70. The molecule has 20 heavy (non-hydrogen) atoms. The van der Waals surface area contributed by atoms with Crippen molar-refractivity contribution >= 4 is 5.91 Å². The van der Waals surface area contributed by atoms with Crippen molar-refractivity contribution in [2.75, 3.05) is 34.3 Å². The average molecular weight is 284 g/mol. The lowest BCUT2D eigenvalue weighted by Crippen LogP contribution is -2.47. The fourth-order valence-electron chi connectivity index (χ4n) is 1.92. The maximum atomic E-state index is 13.5. The van der Waals surface area contributed by atoms with Crippen LogP contribution in [0.5, 0.6) is 5.75 Å². The monoisotopic (exact) mass is 284 g/mol. The van der Waals surface area contributed by atoms with Gasteiger partial charge in [0, 0.05) is 18.7 Å². The van der Waals surface area contributed by atoms with Crippen LogP contribution in [0.3, 0.4) is 0 Å². The third-order valence-corrected chi connectivity index (χ3v) is 2.70. The highest BCUT2D eigenvalue weighted by Gasteiger charge is 2.22. The van der Waals surface area contributed by atoms with E-state index in [2.05, 4.69) is 5.32 Å². The van der Waals surface area contributed by atoms with Crippen LogP contribution in [0.4, 0.5) is 4.39 Å². The van der Waals surface area contributed by atoms with E-state index in [0.717, 1.165) is 6.07 Å². The molecule has 0 saturated heterocycles. The second-order valence-electron chi connectivity index (χ2n) is 5.27. The van der Waals surface area contributed by atoms with Gasteiger partial charge in [-0.15, -0.1) is 0 Å². The van der Waals surface area contributed by atoms with Crippen LogP contribution < -0.4 is 10.1 Å². The van der Waals surface area contributed by atoms with Gasteiger partial charge in [-0.1, -0.05) is 0 Å². The topological polar surface area (TPSA) is 61.8 Å². The minimum atomic E-state index is -1.05. The predicted octanol–water partition coefficient (Wildman–Crippen LogP) is 0.877. The molecule has 0 aliphatic rings. The van der Waals surface area contributed by atoms with Gasteiger partial charge in [-0.3, -0.25) is 4.79 Å². The molecule has 1 atom stereocenters. The van der Waals surface area contributed by atoms with Crippen LogP contribution in [0.25, 0.3) is 0 Å². The third kappa shape index (κ3) is 4.79. The first kappa shape index (κ1) is 16.4. The Hall–Kier alpha value is -1.66. The molecule has 0 radical (unpaired) electrons. The average Bonchev–Trinajstić information content (AvgIpc) is 2.34.